The van der Waals surface area contributed by atoms with Gasteiger partial charge in [0.2, 0.25) is 5.91 Å². The molecule has 1 fully saturated rings. The van der Waals surface area contributed by atoms with Gasteiger partial charge in [-0.2, -0.15) is 0 Å². The van der Waals surface area contributed by atoms with E-state index in [2.05, 4.69) is 10.9 Å². The molecule has 30 heavy (non-hydrogen) atoms. The summed E-state index contributed by atoms with van der Waals surface area (Å²) in [6.07, 6.45) is 4.09. The quantitative estimate of drug-likeness (QED) is 0.342. The molecule has 1 saturated carbocycles. The Labute approximate surface area is 185 Å². The summed E-state index contributed by atoms with van der Waals surface area (Å²) in [6.45, 7) is 3.96. The summed E-state index contributed by atoms with van der Waals surface area (Å²) in [4.78, 5) is 44.6. The molecule has 3 aromatic heterocycles. The Bertz CT molecular complexity index is 1140. The zero-order valence-electron chi connectivity index (χ0n) is 16.7. The van der Waals surface area contributed by atoms with Gasteiger partial charge in [0.25, 0.3) is 11.5 Å². The molecule has 4 rings (SSSR count). The topological polar surface area (TPSA) is 93.1 Å². The van der Waals surface area contributed by atoms with Crippen molar-refractivity contribution in [1.82, 2.24) is 20.4 Å². The number of thioether (sulfide) groups is 1. The van der Waals surface area contributed by atoms with Crippen LogP contribution in [-0.4, -0.2) is 27.1 Å². The number of amides is 2. The summed E-state index contributed by atoms with van der Waals surface area (Å²) in [7, 11) is 0. The Hall–Kier alpha value is -2.17. The van der Waals surface area contributed by atoms with E-state index < -0.39 is 0 Å². The summed E-state index contributed by atoms with van der Waals surface area (Å²) in [5.74, 6) is -0.648. The average Bonchev–Trinajstić information content (AvgIpc) is 3.47. The molecule has 7 nitrogen and oxygen atoms in total. The number of nitrogens with zero attached hydrogens (tertiary/aromatic N) is 2. The lowest BCUT2D eigenvalue weighted by Gasteiger charge is -2.18. The second-order valence-corrected chi connectivity index (χ2v) is 10.3. The highest BCUT2D eigenvalue weighted by Gasteiger charge is 2.25. The smallest absolute Gasteiger partial charge is 0.279 e. The van der Waals surface area contributed by atoms with Crippen molar-refractivity contribution in [2.24, 2.45) is 0 Å². The van der Waals surface area contributed by atoms with Crippen LogP contribution in [0.25, 0.3) is 10.2 Å². The summed E-state index contributed by atoms with van der Waals surface area (Å²) in [6, 6.07) is 3.58. The number of carbonyl (C=O) groups excluding carboxylic acids is 2. The zero-order chi connectivity index (χ0) is 21.3. The van der Waals surface area contributed by atoms with E-state index in [1.54, 1.807) is 22.1 Å². The maximum absolute atomic E-state index is 13.3. The summed E-state index contributed by atoms with van der Waals surface area (Å²) >= 11 is 4.04. The van der Waals surface area contributed by atoms with Crippen LogP contribution in [-0.2, 0) is 4.79 Å². The molecule has 2 N–H and O–H groups in total. The minimum atomic E-state index is -0.352. The third-order valence-electron chi connectivity index (χ3n) is 5.29. The van der Waals surface area contributed by atoms with Gasteiger partial charge >= 0.3 is 0 Å². The average molecular weight is 463 g/mol. The minimum Gasteiger partial charge on any atom is -0.284 e. The van der Waals surface area contributed by atoms with E-state index in [1.165, 1.54) is 34.4 Å². The molecular formula is C20H22N4O3S3. The molecular weight excluding hydrogens is 440 g/mol. The number of nitrogens with one attached hydrogen (secondary N) is 2. The van der Waals surface area contributed by atoms with E-state index in [1.807, 2.05) is 13.8 Å². The normalized spacial score (nSPS) is 14.3. The molecule has 10 heteroatoms. The molecule has 3 heterocycles. The van der Waals surface area contributed by atoms with Gasteiger partial charge in [0.05, 0.1) is 16.0 Å². The molecule has 158 valence electrons. The largest absolute Gasteiger partial charge is 0.284 e. The minimum absolute atomic E-state index is 0.0114. The predicted octanol–water partition coefficient (Wildman–Crippen LogP) is 3.80. The van der Waals surface area contributed by atoms with E-state index in [9.17, 15) is 14.4 Å². The molecule has 0 saturated heterocycles. The first-order chi connectivity index (χ1) is 14.5. The van der Waals surface area contributed by atoms with Crippen LogP contribution in [0.3, 0.4) is 0 Å². The van der Waals surface area contributed by atoms with Crippen LogP contribution in [0.4, 0.5) is 0 Å². The maximum Gasteiger partial charge on any atom is 0.279 e. The summed E-state index contributed by atoms with van der Waals surface area (Å²) < 4.78 is 1.79. The van der Waals surface area contributed by atoms with Gasteiger partial charge in [0, 0.05) is 10.9 Å². The summed E-state index contributed by atoms with van der Waals surface area (Å²) in [5, 5.41) is 3.06. The Balaban J connectivity index is 1.52. The van der Waals surface area contributed by atoms with Gasteiger partial charge in [0.15, 0.2) is 5.16 Å². The molecule has 3 aromatic rings. The number of carbonyl (C=O) groups is 2. The molecule has 0 atom stereocenters. The molecule has 2 amide bonds. The maximum atomic E-state index is 13.3. The van der Waals surface area contributed by atoms with Gasteiger partial charge < -0.3 is 0 Å². The van der Waals surface area contributed by atoms with Crippen LogP contribution in [0.15, 0.2) is 27.5 Å². The number of aromatic nitrogens is 2. The lowest BCUT2D eigenvalue weighted by molar-refractivity contribution is -0.119. The number of fused-ring (bicyclic) bond motifs is 1. The third-order valence-corrected chi connectivity index (χ3v) is 8.21. The second-order valence-electron chi connectivity index (χ2n) is 7.24. The van der Waals surface area contributed by atoms with E-state index in [4.69, 9.17) is 4.98 Å². The highest BCUT2D eigenvalue weighted by Crippen LogP contribution is 2.34. The van der Waals surface area contributed by atoms with Crippen molar-refractivity contribution >= 4 is 56.5 Å². The third kappa shape index (κ3) is 4.17. The van der Waals surface area contributed by atoms with E-state index in [0.29, 0.717) is 15.4 Å². The first-order valence-electron chi connectivity index (χ1n) is 9.73. The van der Waals surface area contributed by atoms with Gasteiger partial charge in [-0.1, -0.05) is 30.7 Å². The van der Waals surface area contributed by atoms with Crippen LogP contribution in [0.1, 0.15) is 51.8 Å². The summed E-state index contributed by atoms with van der Waals surface area (Å²) in [5.41, 5.74) is 5.82. The van der Waals surface area contributed by atoms with Crippen molar-refractivity contribution in [1.29, 1.82) is 0 Å². The predicted molar refractivity (Wildman–Crippen MR) is 122 cm³/mol. The van der Waals surface area contributed by atoms with Gasteiger partial charge in [-0.25, -0.2) is 4.98 Å². The Kier molecular flexibility index (Phi) is 6.26. The Morgan fingerprint density at radius 3 is 2.73 bits per heavy atom. The standard InChI is InChI=1S/C20H22N4O3S3/c1-11-12(2)30-18-16(11)19(27)24(13-6-3-4-7-13)20(21-18)29-10-15(25)22-23-17(26)14-8-5-9-28-14/h5,8-9,13H,3-4,6-7,10H2,1-2H3,(H,22,25)(H,23,26). The van der Waals surface area contributed by atoms with Crippen molar-refractivity contribution < 1.29 is 9.59 Å². The Morgan fingerprint density at radius 1 is 1.27 bits per heavy atom. The van der Waals surface area contributed by atoms with E-state index in [0.717, 1.165) is 41.0 Å². The molecule has 0 spiro atoms. The zero-order valence-corrected chi connectivity index (χ0v) is 19.1. The number of hydrogen-bond acceptors (Lipinski definition) is 7. The van der Waals surface area contributed by atoms with E-state index in [-0.39, 0.29) is 29.2 Å². The van der Waals surface area contributed by atoms with Crippen LogP contribution in [0, 0.1) is 13.8 Å². The highest BCUT2D eigenvalue weighted by molar-refractivity contribution is 7.99. The van der Waals surface area contributed by atoms with Gasteiger partial charge in [0.1, 0.15) is 4.83 Å². The van der Waals surface area contributed by atoms with Gasteiger partial charge in [-0.15, -0.1) is 22.7 Å². The Morgan fingerprint density at radius 2 is 2.03 bits per heavy atom. The molecule has 0 bridgehead atoms. The van der Waals surface area contributed by atoms with Crippen molar-refractivity contribution in [2.45, 2.75) is 50.7 Å². The lowest BCUT2D eigenvalue weighted by Crippen LogP contribution is -2.42. The number of hydrogen-bond donors (Lipinski definition) is 2. The van der Waals surface area contributed by atoms with Crippen molar-refractivity contribution in [2.75, 3.05) is 5.75 Å². The highest BCUT2D eigenvalue weighted by atomic mass is 32.2. The van der Waals surface area contributed by atoms with Crippen molar-refractivity contribution in [3.8, 4) is 0 Å². The number of rotatable bonds is 5. The molecule has 0 unspecified atom stereocenters. The van der Waals surface area contributed by atoms with Crippen molar-refractivity contribution in [3.63, 3.8) is 0 Å². The van der Waals surface area contributed by atoms with Crippen LogP contribution < -0.4 is 16.4 Å². The first kappa shape index (κ1) is 21.1. The SMILES string of the molecule is Cc1sc2nc(SCC(=O)NNC(=O)c3cccs3)n(C3CCCC3)c(=O)c2c1C. The van der Waals surface area contributed by atoms with Gasteiger partial charge in [-0.3, -0.25) is 29.8 Å². The number of aryl methyl sites for hydroxylation is 2. The number of thiophene rings is 2. The first-order valence-corrected chi connectivity index (χ1v) is 12.4. The monoisotopic (exact) mass is 462 g/mol. The molecule has 1 aliphatic carbocycles. The number of hydrazine groups is 1. The fourth-order valence-corrected chi connectivity index (χ4v) is 6.19. The fraction of sp³-hybridized carbons (Fsp3) is 0.400. The molecule has 1 aliphatic rings. The second kappa shape index (κ2) is 8.91. The van der Waals surface area contributed by atoms with Crippen molar-refractivity contribution in [3.05, 3.63) is 43.2 Å². The molecule has 0 aliphatic heterocycles. The molecule has 0 aromatic carbocycles. The van der Waals surface area contributed by atoms with Gasteiger partial charge in [-0.05, 0) is 43.7 Å². The molecule has 0 radical (unpaired) electrons. The van der Waals surface area contributed by atoms with E-state index >= 15 is 0 Å². The van der Waals surface area contributed by atoms with Crippen LogP contribution >= 0.6 is 34.4 Å². The van der Waals surface area contributed by atoms with Crippen LogP contribution in [0.2, 0.25) is 0 Å². The van der Waals surface area contributed by atoms with Crippen LogP contribution in [0.5, 0.6) is 0 Å². The lowest BCUT2D eigenvalue weighted by atomic mass is 10.2. The fourth-order valence-electron chi connectivity index (χ4n) is 3.64.